The van der Waals surface area contributed by atoms with Crippen molar-refractivity contribution in [2.75, 3.05) is 9.80 Å². The Bertz CT molecular complexity index is 3610. The molecule has 10 rings (SSSR count). The van der Waals surface area contributed by atoms with Crippen molar-refractivity contribution >= 4 is 66.4 Å². The van der Waals surface area contributed by atoms with E-state index in [0.29, 0.717) is 42.8 Å². The standard InChI is InChI=1S/C54H38N2O20/c57-35-31(36(58)44(66)51(73)43(35)65)55(32-37(59)45(67)52(74)46(68)38(32)60)21-13-9-19(10-14-21)27-17-30-26-8-4-2-6-24(26)28(18-29(30)25-7-3-1-5-23(25)27)20-11-15-22(16-12-20)56(33-39(61)47(69)53(75)48(70)40(33)62)34-41(63)49(71)54(76)50(72)42(34)64/h1-18,57-76H. The van der Waals surface area contributed by atoms with Crippen LogP contribution in [0.2, 0.25) is 0 Å². The lowest BCUT2D eigenvalue weighted by Gasteiger charge is -2.29. The highest BCUT2D eigenvalue weighted by molar-refractivity contribution is 6.24. The molecule has 0 aliphatic heterocycles. The Balaban J connectivity index is 1.14. The van der Waals surface area contributed by atoms with E-state index in [9.17, 15) is 102 Å². The summed E-state index contributed by atoms with van der Waals surface area (Å²) >= 11 is 0. The first kappa shape index (κ1) is 48.2. The van der Waals surface area contributed by atoms with Crippen molar-refractivity contribution < 1.29 is 102 Å². The van der Waals surface area contributed by atoms with E-state index >= 15 is 0 Å². The van der Waals surface area contributed by atoms with Crippen LogP contribution in [0.15, 0.2) is 109 Å². The van der Waals surface area contributed by atoms with Crippen LogP contribution in [0.1, 0.15) is 0 Å². The Hall–Kier alpha value is -11.4. The van der Waals surface area contributed by atoms with Gasteiger partial charge in [-0.25, -0.2) is 0 Å². The minimum atomic E-state index is -1.35. The van der Waals surface area contributed by atoms with Crippen molar-refractivity contribution in [1.82, 2.24) is 0 Å². The molecule has 10 aromatic rings. The van der Waals surface area contributed by atoms with Gasteiger partial charge < -0.3 is 102 Å². The van der Waals surface area contributed by atoms with E-state index in [1.54, 1.807) is 48.5 Å². The highest BCUT2D eigenvalue weighted by Gasteiger charge is 2.37. The largest absolute Gasteiger partial charge is 0.503 e. The second-order valence-corrected chi connectivity index (χ2v) is 17.2. The first-order valence-corrected chi connectivity index (χ1v) is 22.0. The topological polar surface area (TPSA) is 411 Å². The normalized spacial score (nSPS) is 11.4. The van der Waals surface area contributed by atoms with Gasteiger partial charge in [0, 0.05) is 11.4 Å². The monoisotopic (exact) mass is 1030 g/mol. The van der Waals surface area contributed by atoms with Gasteiger partial charge in [0.1, 0.15) is 22.7 Å². The molecular weight excluding hydrogens is 997 g/mol. The van der Waals surface area contributed by atoms with E-state index in [-0.39, 0.29) is 11.4 Å². The molecule has 0 saturated heterocycles. The Morgan fingerprint density at radius 1 is 0.197 bits per heavy atom. The highest BCUT2D eigenvalue weighted by atomic mass is 16.4. The number of hydrogen-bond donors (Lipinski definition) is 20. The molecule has 0 aromatic heterocycles. The molecule has 22 heteroatoms. The van der Waals surface area contributed by atoms with E-state index in [2.05, 4.69) is 0 Å². The van der Waals surface area contributed by atoms with Crippen molar-refractivity contribution in [1.29, 1.82) is 0 Å². The van der Waals surface area contributed by atoms with Crippen LogP contribution in [-0.2, 0) is 0 Å². The third kappa shape index (κ3) is 6.82. The number of benzene rings is 10. The van der Waals surface area contributed by atoms with Gasteiger partial charge in [-0.2, -0.15) is 0 Å². The zero-order chi connectivity index (χ0) is 54.7. The summed E-state index contributed by atoms with van der Waals surface area (Å²) in [6, 6.07) is 29.9. The summed E-state index contributed by atoms with van der Waals surface area (Å²) in [6.07, 6.45) is 0. The molecular formula is C54H38N2O20. The number of phenolic OH excluding ortho intramolecular Hbond substituents is 20. The number of anilines is 6. The van der Waals surface area contributed by atoms with Crippen LogP contribution < -0.4 is 9.80 Å². The molecule has 0 fully saturated rings. The lowest BCUT2D eigenvalue weighted by atomic mass is 9.87. The molecule has 384 valence electrons. The molecule has 20 N–H and O–H groups in total. The van der Waals surface area contributed by atoms with Crippen LogP contribution in [-0.4, -0.2) is 102 Å². The maximum Gasteiger partial charge on any atom is 0.208 e. The lowest BCUT2D eigenvalue weighted by Crippen LogP contribution is -2.11. The number of hydrogen-bond acceptors (Lipinski definition) is 22. The van der Waals surface area contributed by atoms with Gasteiger partial charge in [0.15, 0.2) is 46.0 Å². The predicted molar refractivity (Wildman–Crippen MR) is 272 cm³/mol. The van der Waals surface area contributed by atoms with E-state index in [0.717, 1.165) is 21.5 Å². The second-order valence-electron chi connectivity index (χ2n) is 17.2. The molecule has 0 spiro atoms. The van der Waals surface area contributed by atoms with Crippen LogP contribution in [0.25, 0.3) is 54.6 Å². The summed E-state index contributed by atoms with van der Waals surface area (Å²) in [6.45, 7) is 0. The smallest absolute Gasteiger partial charge is 0.208 e. The summed E-state index contributed by atoms with van der Waals surface area (Å²) in [5.41, 5.74) is -1.99. The van der Waals surface area contributed by atoms with Crippen LogP contribution >= 0.6 is 0 Å². The summed E-state index contributed by atoms with van der Waals surface area (Å²) in [4.78, 5) is 1.23. The van der Waals surface area contributed by atoms with Gasteiger partial charge in [-0.3, -0.25) is 9.80 Å². The van der Waals surface area contributed by atoms with Crippen LogP contribution in [0.3, 0.4) is 0 Å². The minimum absolute atomic E-state index is 0.191. The van der Waals surface area contributed by atoms with E-state index in [1.165, 1.54) is 24.3 Å². The van der Waals surface area contributed by atoms with Gasteiger partial charge in [-0.05, 0) is 91.0 Å². The molecule has 76 heavy (non-hydrogen) atoms. The van der Waals surface area contributed by atoms with Crippen molar-refractivity contribution in [3.63, 3.8) is 0 Å². The van der Waals surface area contributed by atoms with Crippen LogP contribution in [0.5, 0.6) is 115 Å². The minimum Gasteiger partial charge on any atom is -0.503 e. The van der Waals surface area contributed by atoms with E-state index in [4.69, 9.17) is 0 Å². The molecule has 0 heterocycles. The molecule has 10 aromatic carbocycles. The molecule has 0 saturated carbocycles. The fourth-order valence-corrected chi connectivity index (χ4v) is 9.29. The van der Waals surface area contributed by atoms with Crippen molar-refractivity contribution in [3.8, 4) is 137 Å². The van der Waals surface area contributed by atoms with Crippen LogP contribution in [0.4, 0.5) is 34.1 Å². The van der Waals surface area contributed by atoms with Crippen LogP contribution in [0, 0.1) is 0 Å². The average Bonchev–Trinajstić information content (AvgIpc) is 3.43. The number of nitrogens with zero attached hydrogens (tertiary/aromatic N) is 2. The summed E-state index contributed by atoms with van der Waals surface area (Å²) < 4.78 is 0. The zero-order valence-corrected chi connectivity index (χ0v) is 38.2. The second kappa shape index (κ2) is 17.1. The van der Waals surface area contributed by atoms with Gasteiger partial charge in [0.25, 0.3) is 0 Å². The van der Waals surface area contributed by atoms with Crippen molar-refractivity contribution in [2.45, 2.75) is 0 Å². The molecule has 0 aliphatic carbocycles. The maximum atomic E-state index is 11.0. The number of rotatable bonds is 8. The van der Waals surface area contributed by atoms with Gasteiger partial charge in [0.2, 0.25) is 69.0 Å². The first-order chi connectivity index (χ1) is 36.1. The number of fused-ring (bicyclic) bond motifs is 5. The fraction of sp³-hybridized carbons (Fsp3) is 0. The first-order valence-electron chi connectivity index (χ1n) is 22.0. The highest BCUT2D eigenvalue weighted by Crippen LogP contribution is 2.65. The Labute approximate surface area is 423 Å². The average molecular weight is 1030 g/mol. The predicted octanol–water partition coefficient (Wildman–Crippen LogP) is 9.53. The summed E-state index contributed by atoms with van der Waals surface area (Å²) in [5, 5.41) is 217. The third-order valence-corrected chi connectivity index (χ3v) is 13.0. The summed E-state index contributed by atoms with van der Waals surface area (Å²) in [5.74, 6) is -26.6. The quantitative estimate of drug-likeness (QED) is 0.0382. The molecule has 0 aliphatic rings. The van der Waals surface area contributed by atoms with E-state index < -0.39 is 138 Å². The fourth-order valence-electron chi connectivity index (χ4n) is 9.29. The SMILES string of the molecule is Oc1c(O)c(O)c(N(c2ccc(-c3cc4c5ccccc5c(-c5ccc(N(c6c(O)c(O)c(O)c(O)c6O)c6c(O)c(O)c(O)c(O)c6O)cc5)cc4c4ccccc34)cc2)c2c(O)c(O)c(O)c(O)c2O)c(O)c1O. The van der Waals surface area contributed by atoms with Gasteiger partial charge in [-0.15, -0.1) is 0 Å². The Morgan fingerprint density at radius 2 is 0.395 bits per heavy atom. The molecule has 0 amide bonds. The Kier molecular flexibility index (Phi) is 10.9. The summed E-state index contributed by atoms with van der Waals surface area (Å²) in [7, 11) is 0. The molecule has 0 unspecified atom stereocenters. The van der Waals surface area contributed by atoms with Crippen molar-refractivity contribution in [3.05, 3.63) is 109 Å². The maximum absolute atomic E-state index is 11.0. The zero-order valence-electron chi connectivity index (χ0n) is 38.2. The van der Waals surface area contributed by atoms with Gasteiger partial charge in [0.05, 0.1) is 0 Å². The Morgan fingerprint density at radius 3 is 0.618 bits per heavy atom. The molecule has 0 bridgehead atoms. The lowest BCUT2D eigenvalue weighted by molar-refractivity contribution is 0.326. The number of aromatic hydroxyl groups is 20. The number of phenols is 20. The van der Waals surface area contributed by atoms with Crippen molar-refractivity contribution in [2.24, 2.45) is 0 Å². The van der Waals surface area contributed by atoms with Gasteiger partial charge in [-0.1, -0.05) is 72.8 Å². The van der Waals surface area contributed by atoms with E-state index in [1.807, 2.05) is 36.4 Å². The molecule has 0 radical (unpaired) electrons. The molecule has 22 nitrogen and oxygen atoms in total. The molecule has 0 atom stereocenters. The third-order valence-electron chi connectivity index (χ3n) is 13.0. The van der Waals surface area contributed by atoms with Gasteiger partial charge >= 0.3 is 0 Å².